The average molecular weight is 562 g/mol. The normalized spacial score (nSPS) is 15.5. The molecule has 0 saturated carbocycles. The molecular formula is C31H35N3O7. The summed E-state index contributed by atoms with van der Waals surface area (Å²) in [5, 5.41) is 0. The standard InChI is InChI=1S/C31H35N3O7/c1-36-27-11-9-22(16-28(27)37-2)41-26-10-8-21(15-24(26)32)39-13-4-5-14-40-30-18-25-23(17-29(30)38-3)31(35)34-12-6-7-20(34)19-33-25/h8-11,15-20H,4-7,12-14,32H2,1-3H3/t20-/m0/s1. The molecule has 3 aromatic carbocycles. The van der Waals surface area contributed by atoms with E-state index in [4.69, 9.17) is 34.2 Å². The van der Waals surface area contributed by atoms with Crippen LogP contribution >= 0.6 is 0 Å². The largest absolute Gasteiger partial charge is 0.494 e. The summed E-state index contributed by atoms with van der Waals surface area (Å²) in [5.41, 5.74) is 7.82. The van der Waals surface area contributed by atoms with Gasteiger partial charge < -0.3 is 39.1 Å². The number of hydrogen-bond donors (Lipinski definition) is 1. The van der Waals surface area contributed by atoms with Gasteiger partial charge in [0.2, 0.25) is 0 Å². The van der Waals surface area contributed by atoms with Crippen LogP contribution in [0.25, 0.3) is 0 Å². The lowest BCUT2D eigenvalue weighted by Crippen LogP contribution is -2.35. The first kappa shape index (κ1) is 27.9. The maximum Gasteiger partial charge on any atom is 0.256 e. The highest BCUT2D eigenvalue weighted by Gasteiger charge is 2.32. The van der Waals surface area contributed by atoms with Gasteiger partial charge in [0.25, 0.3) is 5.91 Å². The zero-order valence-corrected chi connectivity index (χ0v) is 23.6. The number of unbranched alkanes of at least 4 members (excludes halogenated alkanes) is 1. The first-order chi connectivity index (χ1) is 20.0. The molecule has 2 aliphatic heterocycles. The maximum atomic E-state index is 13.0. The summed E-state index contributed by atoms with van der Waals surface area (Å²) < 4.78 is 33.9. The van der Waals surface area contributed by atoms with Gasteiger partial charge >= 0.3 is 0 Å². The molecule has 41 heavy (non-hydrogen) atoms. The molecule has 3 aromatic rings. The third kappa shape index (κ3) is 6.26. The van der Waals surface area contributed by atoms with Crippen molar-refractivity contribution >= 4 is 23.5 Å². The van der Waals surface area contributed by atoms with Crippen LogP contribution in [-0.4, -0.2) is 64.2 Å². The van der Waals surface area contributed by atoms with E-state index in [1.165, 1.54) is 0 Å². The number of fused-ring (bicyclic) bond motifs is 2. The number of rotatable bonds is 12. The SMILES string of the molecule is COc1ccc(Oc2ccc(OCCCCOc3cc4c(cc3OC)C(=O)N3CCC[C@H]3C=N4)cc2N)cc1OC. The molecule has 0 bridgehead atoms. The van der Waals surface area contributed by atoms with Crippen LogP contribution in [0, 0.1) is 0 Å². The van der Waals surface area contributed by atoms with Gasteiger partial charge in [-0.25, -0.2) is 0 Å². The summed E-state index contributed by atoms with van der Waals surface area (Å²) in [6.07, 6.45) is 5.33. The summed E-state index contributed by atoms with van der Waals surface area (Å²) in [6, 6.07) is 14.2. The summed E-state index contributed by atoms with van der Waals surface area (Å²) in [4.78, 5) is 19.5. The Bertz CT molecular complexity index is 1430. The van der Waals surface area contributed by atoms with Crippen LogP contribution in [-0.2, 0) is 0 Å². The minimum Gasteiger partial charge on any atom is -0.494 e. The number of methoxy groups -OCH3 is 3. The van der Waals surface area contributed by atoms with Gasteiger partial charge in [-0.3, -0.25) is 9.79 Å². The number of anilines is 1. The van der Waals surface area contributed by atoms with E-state index in [1.807, 2.05) is 17.2 Å². The van der Waals surface area contributed by atoms with Crippen molar-refractivity contribution < 1.29 is 33.2 Å². The fraction of sp³-hybridized carbons (Fsp3) is 0.355. The lowest BCUT2D eigenvalue weighted by molar-refractivity contribution is 0.0774. The molecule has 1 saturated heterocycles. The van der Waals surface area contributed by atoms with Crippen molar-refractivity contribution in [2.24, 2.45) is 4.99 Å². The van der Waals surface area contributed by atoms with Crippen molar-refractivity contribution in [2.45, 2.75) is 31.7 Å². The Labute approximate surface area is 239 Å². The monoisotopic (exact) mass is 561 g/mol. The third-order valence-electron chi connectivity index (χ3n) is 7.09. The molecule has 10 nitrogen and oxygen atoms in total. The minimum absolute atomic E-state index is 0.0109. The summed E-state index contributed by atoms with van der Waals surface area (Å²) in [6.45, 7) is 1.71. The number of hydrogen-bond acceptors (Lipinski definition) is 9. The number of carbonyl (C=O) groups excluding carboxylic acids is 1. The van der Waals surface area contributed by atoms with Crippen LogP contribution in [0.4, 0.5) is 11.4 Å². The summed E-state index contributed by atoms with van der Waals surface area (Å²) >= 11 is 0. The molecule has 1 amide bonds. The molecule has 0 unspecified atom stereocenters. The van der Waals surface area contributed by atoms with E-state index in [9.17, 15) is 4.79 Å². The summed E-state index contributed by atoms with van der Waals surface area (Å²) in [7, 11) is 4.72. The molecule has 1 atom stereocenters. The number of amides is 1. The number of benzene rings is 3. The molecular weight excluding hydrogens is 526 g/mol. The first-order valence-electron chi connectivity index (χ1n) is 13.6. The molecule has 0 aromatic heterocycles. The van der Waals surface area contributed by atoms with E-state index < -0.39 is 0 Å². The Morgan fingerprint density at radius 3 is 2.29 bits per heavy atom. The molecule has 0 radical (unpaired) electrons. The minimum atomic E-state index is -0.0109. The predicted octanol–water partition coefficient (Wildman–Crippen LogP) is 5.65. The summed E-state index contributed by atoms with van der Waals surface area (Å²) in [5.74, 6) is 4.00. The van der Waals surface area contributed by atoms with Crippen LogP contribution in [0.1, 0.15) is 36.0 Å². The van der Waals surface area contributed by atoms with Gasteiger partial charge in [0.1, 0.15) is 11.5 Å². The fourth-order valence-electron chi connectivity index (χ4n) is 4.91. The number of nitrogen functional groups attached to an aromatic ring is 1. The Balaban J connectivity index is 1.10. The van der Waals surface area contributed by atoms with E-state index in [0.717, 1.165) is 32.2 Å². The second kappa shape index (κ2) is 12.7. The van der Waals surface area contributed by atoms with Crippen LogP contribution in [0.5, 0.6) is 40.2 Å². The average Bonchev–Trinajstić information content (AvgIpc) is 3.42. The van der Waals surface area contributed by atoms with Gasteiger partial charge in [-0.2, -0.15) is 0 Å². The molecule has 0 aliphatic carbocycles. The second-order valence-corrected chi connectivity index (χ2v) is 9.73. The lowest BCUT2D eigenvalue weighted by atomic mass is 10.1. The number of aliphatic imine (C=N–C) groups is 1. The van der Waals surface area contributed by atoms with Crippen LogP contribution in [0.15, 0.2) is 53.5 Å². The van der Waals surface area contributed by atoms with Crippen molar-refractivity contribution in [2.75, 3.05) is 46.8 Å². The van der Waals surface area contributed by atoms with E-state index in [2.05, 4.69) is 4.99 Å². The van der Waals surface area contributed by atoms with Gasteiger partial charge in [-0.15, -0.1) is 0 Å². The van der Waals surface area contributed by atoms with Crippen molar-refractivity contribution in [3.63, 3.8) is 0 Å². The maximum absolute atomic E-state index is 13.0. The van der Waals surface area contributed by atoms with Gasteiger partial charge in [-0.05, 0) is 56.0 Å². The van der Waals surface area contributed by atoms with Crippen LogP contribution < -0.4 is 34.2 Å². The van der Waals surface area contributed by atoms with Crippen molar-refractivity contribution in [1.29, 1.82) is 0 Å². The van der Waals surface area contributed by atoms with E-state index in [0.29, 0.717) is 70.4 Å². The lowest BCUT2D eigenvalue weighted by Gasteiger charge is -2.20. The molecule has 2 N–H and O–H groups in total. The molecule has 2 aliphatic rings. The second-order valence-electron chi connectivity index (χ2n) is 9.73. The molecule has 216 valence electrons. The predicted molar refractivity (Wildman–Crippen MR) is 156 cm³/mol. The number of carbonyl (C=O) groups is 1. The third-order valence-corrected chi connectivity index (χ3v) is 7.09. The highest BCUT2D eigenvalue weighted by Crippen LogP contribution is 2.38. The smallest absolute Gasteiger partial charge is 0.256 e. The first-order valence-corrected chi connectivity index (χ1v) is 13.6. The Kier molecular flexibility index (Phi) is 8.67. The Morgan fingerprint density at radius 2 is 1.54 bits per heavy atom. The van der Waals surface area contributed by atoms with Gasteiger partial charge in [-0.1, -0.05) is 0 Å². The van der Waals surface area contributed by atoms with Gasteiger partial charge in [0, 0.05) is 31.0 Å². The van der Waals surface area contributed by atoms with E-state index >= 15 is 0 Å². The van der Waals surface area contributed by atoms with Gasteiger partial charge in [0.05, 0.1) is 57.5 Å². The number of nitrogens with two attached hydrogens (primary N) is 1. The molecule has 10 heteroatoms. The van der Waals surface area contributed by atoms with E-state index in [1.54, 1.807) is 63.8 Å². The molecule has 0 spiro atoms. The fourth-order valence-corrected chi connectivity index (χ4v) is 4.91. The quantitative estimate of drug-likeness (QED) is 0.223. The van der Waals surface area contributed by atoms with E-state index in [-0.39, 0.29) is 11.9 Å². The van der Waals surface area contributed by atoms with Crippen LogP contribution in [0.3, 0.4) is 0 Å². The van der Waals surface area contributed by atoms with Crippen molar-refractivity contribution in [1.82, 2.24) is 4.90 Å². The topological polar surface area (TPSA) is 114 Å². The van der Waals surface area contributed by atoms with Crippen molar-refractivity contribution in [3.8, 4) is 40.2 Å². The molecule has 5 rings (SSSR count). The van der Waals surface area contributed by atoms with Crippen LogP contribution in [0.2, 0.25) is 0 Å². The Morgan fingerprint density at radius 1 is 0.829 bits per heavy atom. The van der Waals surface area contributed by atoms with Gasteiger partial charge in [0.15, 0.2) is 28.7 Å². The molecule has 1 fully saturated rings. The highest BCUT2D eigenvalue weighted by atomic mass is 16.5. The zero-order chi connectivity index (χ0) is 28.8. The molecule has 2 heterocycles. The highest BCUT2D eigenvalue weighted by molar-refractivity contribution is 6.03. The van der Waals surface area contributed by atoms with Crippen molar-refractivity contribution in [3.05, 3.63) is 54.1 Å². The Hall–Kier alpha value is -4.60. The number of nitrogens with zero attached hydrogens (tertiary/aromatic N) is 2. The zero-order valence-electron chi connectivity index (χ0n) is 23.6. The number of ether oxygens (including phenoxy) is 6.